The largest absolute Gasteiger partial charge is 0.465 e. The first kappa shape index (κ1) is 16.3. The Kier molecular flexibility index (Phi) is 5.75. The van der Waals surface area contributed by atoms with Gasteiger partial charge >= 0.3 is 5.97 Å². The third-order valence-corrected chi connectivity index (χ3v) is 4.22. The number of likely N-dealkylation sites (N-methyl/N-ethyl adjacent to an activating group) is 1. The van der Waals surface area contributed by atoms with E-state index in [-0.39, 0.29) is 11.9 Å². The van der Waals surface area contributed by atoms with Crippen molar-refractivity contribution in [2.75, 3.05) is 14.2 Å². The van der Waals surface area contributed by atoms with E-state index in [9.17, 15) is 9.59 Å². The topological polar surface area (TPSA) is 46.6 Å². The Morgan fingerprint density at radius 2 is 1.77 bits per heavy atom. The first-order valence-corrected chi connectivity index (χ1v) is 7.75. The number of methoxy groups -OCH3 is 1. The molecule has 1 aliphatic carbocycles. The maximum atomic E-state index is 12.2. The summed E-state index contributed by atoms with van der Waals surface area (Å²) in [5, 5.41) is 0. The third-order valence-electron chi connectivity index (χ3n) is 4.22. The van der Waals surface area contributed by atoms with Crippen LogP contribution in [0.3, 0.4) is 0 Å². The molecular weight excluding hydrogens is 278 g/mol. The van der Waals surface area contributed by atoms with E-state index >= 15 is 0 Å². The Balaban J connectivity index is 1.95. The molecule has 22 heavy (non-hydrogen) atoms. The molecule has 0 bridgehead atoms. The highest BCUT2D eigenvalue weighted by molar-refractivity contribution is 5.92. The monoisotopic (exact) mass is 301 g/mol. The second kappa shape index (κ2) is 7.78. The maximum absolute atomic E-state index is 12.2. The van der Waals surface area contributed by atoms with Crippen molar-refractivity contribution in [2.45, 2.75) is 38.1 Å². The van der Waals surface area contributed by atoms with Crippen LogP contribution in [0.2, 0.25) is 0 Å². The number of esters is 1. The van der Waals surface area contributed by atoms with Gasteiger partial charge < -0.3 is 9.64 Å². The zero-order chi connectivity index (χ0) is 15.9. The molecule has 1 saturated carbocycles. The van der Waals surface area contributed by atoms with E-state index in [1.807, 2.05) is 11.9 Å². The summed E-state index contributed by atoms with van der Waals surface area (Å²) in [6, 6.07) is 7.36. The van der Waals surface area contributed by atoms with Crippen molar-refractivity contribution >= 4 is 18.0 Å². The van der Waals surface area contributed by atoms with Crippen LogP contribution < -0.4 is 0 Å². The quantitative estimate of drug-likeness (QED) is 0.633. The van der Waals surface area contributed by atoms with Crippen LogP contribution in [-0.2, 0) is 9.53 Å². The van der Waals surface area contributed by atoms with E-state index in [2.05, 4.69) is 4.74 Å². The molecule has 1 aromatic carbocycles. The van der Waals surface area contributed by atoms with Gasteiger partial charge in [-0.15, -0.1) is 0 Å². The molecule has 0 spiro atoms. The standard InChI is InChI=1S/C18H23NO3/c1-19(16-6-4-3-5-7-16)17(20)13-10-14-8-11-15(12-9-14)18(21)22-2/h8-13,16H,3-7H2,1-2H3. The molecule has 2 rings (SSSR count). The first-order valence-electron chi connectivity index (χ1n) is 7.75. The molecule has 0 unspecified atom stereocenters. The number of nitrogens with zero attached hydrogens (tertiary/aromatic N) is 1. The summed E-state index contributed by atoms with van der Waals surface area (Å²) in [7, 11) is 3.24. The summed E-state index contributed by atoms with van der Waals surface area (Å²) in [4.78, 5) is 25.4. The lowest BCUT2D eigenvalue weighted by atomic mass is 9.94. The van der Waals surface area contributed by atoms with Gasteiger partial charge in [-0.2, -0.15) is 0 Å². The lowest BCUT2D eigenvalue weighted by Gasteiger charge is -2.30. The van der Waals surface area contributed by atoms with E-state index in [0.29, 0.717) is 11.6 Å². The van der Waals surface area contributed by atoms with Crippen LogP contribution in [0.5, 0.6) is 0 Å². The Labute approximate surface area is 131 Å². The predicted octanol–water partition coefficient (Wildman–Crippen LogP) is 3.28. The number of hydrogen-bond donors (Lipinski definition) is 0. The highest BCUT2D eigenvalue weighted by atomic mass is 16.5. The van der Waals surface area contributed by atoms with Crippen molar-refractivity contribution in [3.8, 4) is 0 Å². The van der Waals surface area contributed by atoms with Gasteiger partial charge in [-0.25, -0.2) is 4.79 Å². The Morgan fingerprint density at radius 1 is 1.14 bits per heavy atom. The zero-order valence-electron chi connectivity index (χ0n) is 13.2. The number of ether oxygens (including phenoxy) is 1. The van der Waals surface area contributed by atoms with E-state index in [4.69, 9.17) is 0 Å². The zero-order valence-corrected chi connectivity index (χ0v) is 13.2. The summed E-state index contributed by atoms with van der Waals surface area (Å²) >= 11 is 0. The van der Waals surface area contributed by atoms with Crippen LogP contribution in [0.4, 0.5) is 0 Å². The van der Waals surface area contributed by atoms with Gasteiger partial charge in [-0.05, 0) is 36.6 Å². The molecule has 0 saturated heterocycles. The van der Waals surface area contributed by atoms with Crippen molar-refractivity contribution in [2.24, 2.45) is 0 Å². The summed E-state index contributed by atoms with van der Waals surface area (Å²) < 4.78 is 4.66. The number of amides is 1. The minimum Gasteiger partial charge on any atom is -0.465 e. The van der Waals surface area contributed by atoms with Gasteiger partial charge in [0, 0.05) is 19.2 Å². The average molecular weight is 301 g/mol. The van der Waals surface area contributed by atoms with Gasteiger partial charge in [-0.1, -0.05) is 31.4 Å². The van der Waals surface area contributed by atoms with Gasteiger partial charge in [0.15, 0.2) is 0 Å². The highest BCUT2D eigenvalue weighted by Crippen LogP contribution is 2.21. The Bertz CT molecular complexity index is 542. The van der Waals surface area contributed by atoms with Crippen LogP contribution in [0.15, 0.2) is 30.3 Å². The van der Waals surface area contributed by atoms with E-state index < -0.39 is 0 Å². The number of benzene rings is 1. The number of carbonyl (C=O) groups is 2. The lowest BCUT2D eigenvalue weighted by molar-refractivity contribution is -0.127. The fourth-order valence-corrected chi connectivity index (χ4v) is 2.78. The van der Waals surface area contributed by atoms with Crippen LogP contribution in [0.25, 0.3) is 6.08 Å². The normalized spacial score (nSPS) is 15.7. The van der Waals surface area contributed by atoms with Gasteiger partial charge in [0.25, 0.3) is 0 Å². The molecular formula is C18H23NO3. The third kappa shape index (κ3) is 4.20. The molecule has 0 aliphatic heterocycles. The van der Waals surface area contributed by atoms with Crippen molar-refractivity contribution in [3.05, 3.63) is 41.5 Å². The minimum absolute atomic E-state index is 0.0314. The fourth-order valence-electron chi connectivity index (χ4n) is 2.78. The summed E-state index contributed by atoms with van der Waals surface area (Å²) in [6.07, 6.45) is 9.28. The number of rotatable bonds is 4. The molecule has 118 valence electrons. The first-order chi connectivity index (χ1) is 10.6. The van der Waals surface area contributed by atoms with Gasteiger partial charge in [0.05, 0.1) is 12.7 Å². The van der Waals surface area contributed by atoms with Gasteiger partial charge in [0.2, 0.25) is 5.91 Å². The SMILES string of the molecule is COC(=O)c1ccc(C=CC(=O)N(C)C2CCCCC2)cc1. The highest BCUT2D eigenvalue weighted by Gasteiger charge is 2.20. The predicted molar refractivity (Wildman–Crippen MR) is 86.5 cm³/mol. The Morgan fingerprint density at radius 3 is 2.36 bits per heavy atom. The van der Waals surface area contributed by atoms with Crippen molar-refractivity contribution in [1.29, 1.82) is 0 Å². The molecule has 0 aromatic heterocycles. The average Bonchev–Trinajstić information content (AvgIpc) is 2.59. The molecule has 0 heterocycles. The number of carbonyl (C=O) groups excluding carboxylic acids is 2. The molecule has 1 amide bonds. The van der Waals surface area contributed by atoms with E-state index in [1.165, 1.54) is 26.4 Å². The van der Waals surface area contributed by atoms with Crippen molar-refractivity contribution < 1.29 is 14.3 Å². The van der Waals surface area contributed by atoms with Crippen LogP contribution in [0.1, 0.15) is 48.0 Å². The second-order valence-electron chi connectivity index (χ2n) is 5.69. The summed E-state index contributed by atoms with van der Waals surface area (Å²) in [6.45, 7) is 0. The van der Waals surface area contributed by atoms with E-state index in [1.54, 1.807) is 36.4 Å². The molecule has 1 aliphatic rings. The maximum Gasteiger partial charge on any atom is 0.337 e. The van der Waals surface area contributed by atoms with E-state index in [0.717, 1.165) is 18.4 Å². The Hall–Kier alpha value is -2.10. The molecule has 0 atom stereocenters. The molecule has 4 nitrogen and oxygen atoms in total. The van der Waals surface area contributed by atoms with Crippen LogP contribution in [0, 0.1) is 0 Å². The molecule has 0 N–H and O–H groups in total. The molecule has 1 aromatic rings. The molecule has 4 heteroatoms. The fraction of sp³-hybridized carbons (Fsp3) is 0.444. The minimum atomic E-state index is -0.358. The smallest absolute Gasteiger partial charge is 0.337 e. The summed E-state index contributed by atoms with van der Waals surface area (Å²) in [5.74, 6) is -0.326. The van der Waals surface area contributed by atoms with Crippen molar-refractivity contribution in [1.82, 2.24) is 4.90 Å². The molecule has 0 radical (unpaired) electrons. The lowest BCUT2D eigenvalue weighted by Crippen LogP contribution is -2.37. The van der Waals surface area contributed by atoms with Gasteiger partial charge in [0.1, 0.15) is 0 Å². The van der Waals surface area contributed by atoms with Crippen molar-refractivity contribution in [3.63, 3.8) is 0 Å². The van der Waals surface area contributed by atoms with Gasteiger partial charge in [-0.3, -0.25) is 4.79 Å². The number of hydrogen-bond acceptors (Lipinski definition) is 3. The van der Waals surface area contributed by atoms with Crippen LogP contribution >= 0.6 is 0 Å². The van der Waals surface area contributed by atoms with Crippen LogP contribution in [-0.4, -0.2) is 37.0 Å². The molecule has 1 fully saturated rings. The second-order valence-corrected chi connectivity index (χ2v) is 5.69. The summed E-state index contributed by atoms with van der Waals surface area (Å²) in [5.41, 5.74) is 1.39.